The van der Waals surface area contributed by atoms with E-state index in [0.717, 1.165) is 5.56 Å². The molecule has 2 N–H and O–H groups in total. The van der Waals surface area contributed by atoms with Gasteiger partial charge in [0, 0.05) is 13.1 Å². The highest BCUT2D eigenvalue weighted by atomic mass is 16.4. The highest BCUT2D eigenvalue weighted by Gasteiger charge is 2.21. The van der Waals surface area contributed by atoms with E-state index in [2.05, 4.69) is 0 Å². The zero-order valence-electron chi connectivity index (χ0n) is 10.9. The van der Waals surface area contributed by atoms with Crippen LogP contribution in [0.4, 0.5) is 0 Å². The van der Waals surface area contributed by atoms with Crippen molar-refractivity contribution in [3.63, 3.8) is 0 Å². The number of benzene rings is 1. The molecule has 0 spiro atoms. The molecule has 1 aromatic carbocycles. The molecule has 0 aliphatic carbocycles. The fraction of sp³-hybridized carbons (Fsp3) is 0.500. The number of rotatable bonds is 7. The summed E-state index contributed by atoms with van der Waals surface area (Å²) in [6.45, 7) is 2.88. The molecule has 2 unspecified atom stereocenters. The van der Waals surface area contributed by atoms with Gasteiger partial charge in [-0.05, 0) is 26.0 Å². The standard InChI is InChI=1S/C14H21NO3/c1-11(16)8-9-15(2)10-13(14(17)18)12-6-4-3-5-7-12/h3-7,11,13,16H,8-10H2,1-2H3,(H,17,18). The first-order valence-electron chi connectivity index (χ1n) is 6.15. The lowest BCUT2D eigenvalue weighted by Crippen LogP contribution is -2.30. The lowest BCUT2D eigenvalue weighted by Gasteiger charge is -2.22. The maximum Gasteiger partial charge on any atom is 0.312 e. The summed E-state index contributed by atoms with van der Waals surface area (Å²) in [5.41, 5.74) is 0.814. The third-order valence-electron chi connectivity index (χ3n) is 2.92. The molecule has 4 heteroatoms. The van der Waals surface area contributed by atoms with E-state index in [-0.39, 0.29) is 6.10 Å². The monoisotopic (exact) mass is 251 g/mol. The van der Waals surface area contributed by atoms with Crippen molar-refractivity contribution in [2.45, 2.75) is 25.4 Å². The summed E-state index contributed by atoms with van der Waals surface area (Å²) in [5, 5.41) is 18.5. The molecule has 0 saturated carbocycles. The Morgan fingerprint density at radius 2 is 1.94 bits per heavy atom. The van der Waals surface area contributed by atoms with Crippen LogP contribution in [-0.4, -0.2) is 47.3 Å². The second-order valence-electron chi connectivity index (χ2n) is 4.70. The Bertz CT molecular complexity index is 365. The SMILES string of the molecule is CC(O)CCN(C)CC(C(=O)O)c1ccccc1. The van der Waals surface area contributed by atoms with Crippen molar-refractivity contribution in [3.05, 3.63) is 35.9 Å². The lowest BCUT2D eigenvalue weighted by molar-refractivity contribution is -0.139. The van der Waals surface area contributed by atoms with Gasteiger partial charge in [0.2, 0.25) is 0 Å². The number of hydrogen-bond donors (Lipinski definition) is 2. The van der Waals surface area contributed by atoms with Crippen molar-refractivity contribution >= 4 is 5.97 Å². The maximum atomic E-state index is 11.3. The van der Waals surface area contributed by atoms with Gasteiger partial charge < -0.3 is 15.1 Å². The molecule has 0 aromatic heterocycles. The van der Waals surface area contributed by atoms with E-state index in [9.17, 15) is 15.0 Å². The van der Waals surface area contributed by atoms with Gasteiger partial charge in [0.1, 0.15) is 0 Å². The van der Waals surface area contributed by atoms with Crippen LogP contribution in [0.15, 0.2) is 30.3 Å². The van der Waals surface area contributed by atoms with Gasteiger partial charge in [-0.3, -0.25) is 4.79 Å². The summed E-state index contributed by atoms with van der Waals surface area (Å²) in [6, 6.07) is 9.24. The number of carboxylic acid groups (broad SMARTS) is 1. The molecule has 1 rings (SSSR count). The minimum absolute atomic E-state index is 0.354. The summed E-state index contributed by atoms with van der Waals surface area (Å²) in [4.78, 5) is 13.2. The molecule has 0 bridgehead atoms. The topological polar surface area (TPSA) is 60.8 Å². The van der Waals surface area contributed by atoms with Crippen LogP contribution in [0, 0.1) is 0 Å². The average molecular weight is 251 g/mol. The number of aliphatic carboxylic acids is 1. The third kappa shape index (κ3) is 4.85. The zero-order chi connectivity index (χ0) is 13.5. The van der Waals surface area contributed by atoms with Crippen LogP contribution in [0.5, 0.6) is 0 Å². The average Bonchev–Trinajstić information content (AvgIpc) is 2.34. The predicted octanol–water partition coefficient (Wildman–Crippen LogP) is 1.56. The fourth-order valence-corrected chi connectivity index (χ4v) is 1.82. The van der Waals surface area contributed by atoms with Crippen molar-refractivity contribution < 1.29 is 15.0 Å². The van der Waals surface area contributed by atoms with Crippen molar-refractivity contribution in [2.24, 2.45) is 0 Å². The Kier molecular flexibility index (Phi) is 5.82. The van der Waals surface area contributed by atoms with Crippen molar-refractivity contribution in [1.29, 1.82) is 0 Å². The highest BCUT2D eigenvalue weighted by Crippen LogP contribution is 2.17. The van der Waals surface area contributed by atoms with Crippen LogP contribution >= 0.6 is 0 Å². The first-order valence-corrected chi connectivity index (χ1v) is 6.15. The molecule has 100 valence electrons. The molecule has 0 aliphatic heterocycles. The van der Waals surface area contributed by atoms with Crippen molar-refractivity contribution in [2.75, 3.05) is 20.1 Å². The van der Waals surface area contributed by atoms with E-state index in [1.54, 1.807) is 6.92 Å². The molecule has 0 radical (unpaired) electrons. The molecule has 1 aromatic rings. The highest BCUT2D eigenvalue weighted by molar-refractivity contribution is 5.76. The van der Waals surface area contributed by atoms with Crippen molar-refractivity contribution in [3.8, 4) is 0 Å². The van der Waals surface area contributed by atoms with Crippen LogP contribution in [0.1, 0.15) is 24.8 Å². The van der Waals surface area contributed by atoms with Crippen LogP contribution in [0.2, 0.25) is 0 Å². The molecule has 0 amide bonds. The molecule has 0 fully saturated rings. The second-order valence-corrected chi connectivity index (χ2v) is 4.70. The Balaban J connectivity index is 2.62. The van der Waals surface area contributed by atoms with E-state index in [1.165, 1.54) is 0 Å². The first-order chi connectivity index (χ1) is 8.50. The van der Waals surface area contributed by atoms with Gasteiger partial charge >= 0.3 is 5.97 Å². The van der Waals surface area contributed by atoms with Gasteiger partial charge in [0.05, 0.1) is 12.0 Å². The third-order valence-corrected chi connectivity index (χ3v) is 2.92. The minimum Gasteiger partial charge on any atom is -0.481 e. The van der Waals surface area contributed by atoms with E-state index in [0.29, 0.717) is 19.5 Å². The van der Waals surface area contributed by atoms with Crippen LogP contribution < -0.4 is 0 Å². The van der Waals surface area contributed by atoms with E-state index < -0.39 is 11.9 Å². The molecule has 4 nitrogen and oxygen atoms in total. The number of nitrogens with zero attached hydrogens (tertiary/aromatic N) is 1. The summed E-state index contributed by atoms with van der Waals surface area (Å²) in [5.74, 6) is -1.34. The Hall–Kier alpha value is -1.39. The first kappa shape index (κ1) is 14.7. The Morgan fingerprint density at radius 3 is 2.44 bits per heavy atom. The fourth-order valence-electron chi connectivity index (χ4n) is 1.82. The van der Waals surface area contributed by atoms with Crippen LogP contribution in [0.25, 0.3) is 0 Å². The molecule has 0 heterocycles. The smallest absolute Gasteiger partial charge is 0.312 e. The summed E-state index contributed by atoms with van der Waals surface area (Å²) in [6.07, 6.45) is 0.296. The van der Waals surface area contributed by atoms with Crippen LogP contribution in [0.3, 0.4) is 0 Å². The van der Waals surface area contributed by atoms with Gasteiger partial charge in [-0.15, -0.1) is 0 Å². The second kappa shape index (κ2) is 7.13. The lowest BCUT2D eigenvalue weighted by atomic mass is 9.99. The summed E-state index contributed by atoms with van der Waals surface area (Å²) >= 11 is 0. The molecule has 18 heavy (non-hydrogen) atoms. The molecule has 2 atom stereocenters. The molecule has 0 saturated heterocycles. The van der Waals surface area contributed by atoms with Gasteiger partial charge in [-0.1, -0.05) is 30.3 Å². The Labute approximate surface area is 108 Å². The largest absolute Gasteiger partial charge is 0.481 e. The number of hydrogen-bond acceptors (Lipinski definition) is 3. The Morgan fingerprint density at radius 1 is 1.33 bits per heavy atom. The van der Waals surface area contributed by atoms with Gasteiger partial charge in [0.15, 0.2) is 0 Å². The van der Waals surface area contributed by atoms with Gasteiger partial charge in [0.25, 0.3) is 0 Å². The zero-order valence-corrected chi connectivity index (χ0v) is 10.9. The molecule has 0 aliphatic rings. The molecular formula is C14H21NO3. The number of carboxylic acids is 1. The van der Waals surface area contributed by atoms with Gasteiger partial charge in [-0.25, -0.2) is 0 Å². The van der Waals surface area contributed by atoms with Crippen LogP contribution in [-0.2, 0) is 4.79 Å². The predicted molar refractivity (Wildman–Crippen MR) is 70.6 cm³/mol. The number of aliphatic hydroxyl groups excluding tert-OH is 1. The summed E-state index contributed by atoms with van der Waals surface area (Å²) in [7, 11) is 1.88. The molecular weight excluding hydrogens is 230 g/mol. The number of aliphatic hydroxyl groups is 1. The normalized spacial score (nSPS) is 14.4. The van der Waals surface area contributed by atoms with Crippen molar-refractivity contribution in [1.82, 2.24) is 4.90 Å². The summed E-state index contributed by atoms with van der Waals surface area (Å²) < 4.78 is 0. The van der Waals surface area contributed by atoms with E-state index in [1.807, 2.05) is 42.3 Å². The minimum atomic E-state index is -0.815. The maximum absolute atomic E-state index is 11.3. The number of carbonyl (C=O) groups is 1. The quantitative estimate of drug-likeness (QED) is 0.772. The van der Waals surface area contributed by atoms with E-state index >= 15 is 0 Å². The number of likely N-dealkylation sites (N-methyl/N-ethyl adjacent to an activating group) is 1. The van der Waals surface area contributed by atoms with Gasteiger partial charge in [-0.2, -0.15) is 0 Å². The van der Waals surface area contributed by atoms with E-state index in [4.69, 9.17) is 0 Å².